The molecular formula is C14H11F4N3O2. The number of aromatic nitrogens is 1. The van der Waals surface area contributed by atoms with Gasteiger partial charge in [0.15, 0.2) is 0 Å². The van der Waals surface area contributed by atoms with Crippen molar-refractivity contribution in [1.29, 1.82) is 0 Å². The van der Waals surface area contributed by atoms with Crippen LogP contribution in [0.1, 0.15) is 5.56 Å². The highest BCUT2D eigenvalue weighted by Gasteiger charge is 2.20. The fraction of sp³-hybridized carbons (Fsp3) is 0.143. The molecule has 1 heterocycles. The summed E-state index contributed by atoms with van der Waals surface area (Å²) in [4.78, 5) is 2.44. The van der Waals surface area contributed by atoms with Gasteiger partial charge in [0.1, 0.15) is 17.2 Å². The summed E-state index contributed by atoms with van der Waals surface area (Å²) in [5.74, 6) is -5.98. The van der Waals surface area contributed by atoms with Gasteiger partial charge in [-0.25, -0.2) is 0 Å². The molecule has 5 nitrogen and oxygen atoms in total. The molecule has 0 saturated carbocycles. The second kappa shape index (κ2) is 6.95. The topological polar surface area (TPSA) is 55.7 Å². The number of nitrogens with one attached hydrogen (secondary N) is 1. The molecule has 0 aliphatic carbocycles. The van der Waals surface area contributed by atoms with E-state index in [1.807, 2.05) is 5.43 Å². The van der Waals surface area contributed by atoms with Crippen molar-refractivity contribution in [3.05, 3.63) is 47.3 Å². The minimum absolute atomic E-state index is 0.462. The molecule has 1 aromatic heterocycles. The van der Waals surface area contributed by atoms with E-state index in [-0.39, 0.29) is 0 Å². The highest BCUT2D eigenvalue weighted by Crippen LogP contribution is 2.23. The van der Waals surface area contributed by atoms with Gasteiger partial charge in [0.25, 0.3) is 11.9 Å². The molecule has 0 fully saturated rings. The Morgan fingerprint density at radius 1 is 0.957 bits per heavy atom. The molecule has 0 radical (unpaired) electrons. The van der Waals surface area contributed by atoms with Crippen molar-refractivity contribution in [2.75, 3.05) is 19.6 Å². The van der Waals surface area contributed by atoms with Gasteiger partial charge in [0.2, 0.25) is 11.6 Å². The zero-order valence-electron chi connectivity index (χ0n) is 12.0. The zero-order chi connectivity index (χ0) is 17.0. The first-order valence-corrected chi connectivity index (χ1v) is 6.18. The summed E-state index contributed by atoms with van der Waals surface area (Å²) in [5, 5.41) is 3.54. The van der Waals surface area contributed by atoms with Gasteiger partial charge in [-0.15, -0.1) is 0 Å². The van der Waals surface area contributed by atoms with Crippen molar-refractivity contribution in [3.63, 3.8) is 0 Å². The number of hydrazone groups is 1. The van der Waals surface area contributed by atoms with Crippen LogP contribution < -0.4 is 14.9 Å². The van der Waals surface area contributed by atoms with Gasteiger partial charge in [-0.05, 0) is 12.1 Å². The van der Waals surface area contributed by atoms with E-state index < -0.39 is 29.2 Å². The summed E-state index contributed by atoms with van der Waals surface area (Å²) in [7, 11) is 2.89. The van der Waals surface area contributed by atoms with E-state index in [9.17, 15) is 17.6 Å². The number of rotatable bonds is 5. The van der Waals surface area contributed by atoms with Crippen LogP contribution in [0.3, 0.4) is 0 Å². The van der Waals surface area contributed by atoms with Gasteiger partial charge >= 0.3 is 0 Å². The second-order valence-electron chi connectivity index (χ2n) is 4.21. The standard InChI is InChI=1S/C14H11F4N3O2/c1-22-8-3-7(4-9(5-8)23-2)6-19-21-12-10(15)13(17)20-14(18)11(12)16/h3-6H,1-2H3,(H,20,21)/b19-6-. The molecule has 0 amide bonds. The normalized spacial score (nSPS) is 10.9. The van der Waals surface area contributed by atoms with Crippen LogP contribution in [0.5, 0.6) is 11.5 Å². The minimum atomic E-state index is -1.77. The SMILES string of the molecule is COc1cc(/C=N\Nc2c(F)c(F)nc(F)c2F)cc(OC)c1. The lowest BCUT2D eigenvalue weighted by molar-refractivity contribution is 0.394. The molecule has 0 spiro atoms. The lowest BCUT2D eigenvalue weighted by Crippen LogP contribution is -2.05. The third kappa shape index (κ3) is 3.68. The fourth-order valence-corrected chi connectivity index (χ4v) is 1.66. The van der Waals surface area contributed by atoms with Gasteiger partial charge in [-0.3, -0.25) is 5.43 Å². The number of anilines is 1. The average molecular weight is 329 g/mol. The molecule has 2 rings (SSSR count). The molecule has 0 aliphatic rings. The predicted molar refractivity (Wildman–Crippen MR) is 74.8 cm³/mol. The van der Waals surface area contributed by atoms with Crippen molar-refractivity contribution in [3.8, 4) is 11.5 Å². The number of ether oxygens (including phenoxy) is 2. The Morgan fingerprint density at radius 3 is 1.96 bits per heavy atom. The maximum absolute atomic E-state index is 13.4. The van der Waals surface area contributed by atoms with Gasteiger partial charge in [0.05, 0.1) is 20.4 Å². The smallest absolute Gasteiger partial charge is 0.254 e. The van der Waals surface area contributed by atoms with E-state index in [1.165, 1.54) is 20.4 Å². The Kier molecular flexibility index (Phi) is 4.99. The minimum Gasteiger partial charge on any atom is -0.497 e. The summed E-state index contributed by atoms with van der Waals surface area (Å²) in [5.41, 5.74) is 1.28. The highest BCUT2D eigenvalue weighted by atomic mass is 19.2. The van der Waals surface area contributed by atoms with Crippen molar-refractivity contribution in [2.24, 2.45) is 5.10 Å². The molecule has 0 aliphatic heterocycles. The molecule has 0 saturated heterocycles. The maximum atomic E-state index is 13.4. The third-order valence-electron chi connectivity index (χ3n) is 2.76. The Bertz CT molecular complexity index is 705. The number of nitrogens with zero attached hydrogens (tertiary/aromatic N) is 2. The first-order valence-electron chi connectivity index (χ1n) is 6.18. The molecule has 1 N–H and O–H groups in total. The molecule has 0 bridgehead atoms. The fourth-order valence-electron chi connectivity index (χ4n) is 1.66. The first-order chi connectivity index (χ1) is 11.0. The lowest BCUT2D eigenvalue weighted by atomic mass is 10.2. The molecule has 2 aromatic rings. The number of benzene rings is 1. The van der Waals surface area contributed by atoms with Crippen LogP contribution in [0.4, 0.5) is 23.2 Å². The Labute approximate surface area is 128 Å². The molecular weight excluding hydrogens is 318 g/mol. The van der Waals surface area contributed by atoms with Crippen LogP contribution in [0, 0.1) is 23.5 Å². The Hall–Kier alpha value is -2.84. The van der Waals surface area contributed by atoms with Crippen LogP contribution in [0.25, 0.3) is 0 Å². The van der Waals surface area contributed by atoms with Gasteiger partial charge in [-0.1, -0.05) is 0 Å². The van der Waals surface area contributed by atoms with Gasteiger partial charge in [0, 0.05) is 11.6 Å². The van der Waals surface area contributed by atoms with Crippen LogP contribution in [0.2, 0.25) is 0 Å². The largest absolute Gasteiger partial charge is 0.497 e. The van der Waals surface area contributed by atoms with Crippen molar-refractivity contribution in [1.82, 2.24) is 4.98 Å². The highest BCUT2D eigenvalue weighted by molar-refractivity contribution is 5.81. The quantitative estimate of drug-likeness (QED) is 0.396. The second-order valence-corrected chi connectivity index (χ2v) is 4.21. The molecule has 0 atom stereocenters. The molecule has 0 unspecified atom stereocenters. The summed E-state index contributed by atoms with van der Waals surface area (Å²) in [6.07, 6.45) is 1.17. The maximum Gasteiger partial charge on any atom is 0.254 e. The number of hydrogen-bond acceptors (Lipinski definition) is 5. The molecule has 122 valence electrons. The van der Waals surface area contributed by atoms with Crippen molar-refractivity contribution < 1.29 is 27.0 Å². The molecule has 9 heteroatoms. The molecule has 23 heavy (non-hydrogen) atoms. The van der Waals surface area contributed by atoms with E-state index >= 15 is 0 Å². The average Bonchev–Trinajstić information content (AvgIpc) is 2.55. The van der Waals surface area contributed by atoms with E-state index in [0.717, 1.165) is 0 Å². The van der Waals surface area contributed by atoms with Crippen LogP contribution in [0.15, 0.2) is 23.3 Å². The van der Waals surface area contributed by atoms with E-state index in [2.05, 4.69) is 10.1 Å². The third-order valence-corrected chi connectivity index (χ3v) is 2.76. The summed E-state index contributed by atoms with van der Waals surface area (Å²) in [6, 6.07) is 4.74. The van der Waals surface area contributed by atoms with Crippen LogP contribution >= 0.6 is 0 Å². The van der Waals surface area contributed by atoms with Gasteiger partial charge < -0.3 is 9.47 Å². The number of halogens is 4. The van der Waals surface area contributed by atoms with Crippen molar-refractivity contribution >= 4 is 11.9 Å². The van der Waals surface area contributed by atoms with Crippen molar-refractivity contribution in [2.45, 2.75) is 0 Å². The Balaban J connectivity index is 2.26. The number of pyridine rings is 1. The number of methoxy groups -OCH3 is 2. The van der Waals surface area contributed by atoms with E-state index in [0.29, 0.717) is 17.1 Å². The lowest BCUT2D eigenvalue weighted by Gasteiger charge is -2.06. The van der Waals surface area contributed by atoms with E-state index in [4.69, 9.17) is 9.47 Å². The first kappa shape index (κ1) is 16.5. The number of hydrogen-bond donors (Lipinski definition) is 1. The predicted octanol–water partition coefficient (Wildman–Crippen LogP) is 3.10. The monoisotopic (exact) mass is 329 g/mol. The van der Waals surface area contributed by atoms with E-state index in [1.54, 1.807) is 18.2 Å². The van der Waals surface area contributed by atoms with Crippen LogP contribution in [-0.2, 0) is 0 Å². The summed E-state index contributed by atoms with van der Waals surface area (Å²) >= 11 is 0. The summed E-state index contributed by atoms with van der Waals surface area (Å²) in [6.45, 7) is 0. The van der Waals surface area contributed by atoms with Gasteiger partial charge in [-0.2, -0.15) is 27.6 Å². The summed E-state index contributed by atoms with van der Waals surface area (Å²) < 4.78 is 62.8. The zero-order valence-corrected chi connectivity index (χ0v) is 12.0. The molecule has 1 aromatic carbocycles. The Morgan fingerprint density at radius 2 is 1.48 bits per heavy atom. The van der Waals surface area contributed by atoms with Crippen LogP contribution in [-0.4, -0.2) is 25.4 Å².